The van der Waals surface area contributed by atoms with Crippen molar-refractivity contribution >= 4 is 40.7 Å². The fraction of sp³-hybridized carbons (Fsp3) is 0.167. The molecule has 0 bridgehead atoms. The molecule has 1 aliphatic heterocycles. The summed E-state index contributed by atoms with van der Waals surface area (Å²) in [6.45, 7) is 0. The number of Topliss-reactive ketones (excluding diaryl/α,β-unsaturated/α-hetero) is 3. The van der Waals surface area contributed by atoms with Gasteiger partial charge in [0.05, 0.1) is 17.4 Å². The first-order chi connectivity index (χ1) is 19.7. The SMILES string of the molecule is O=C(c1ccccc1)C(O)[C@H]1O[C@@H](Sc2ncc(Cl)cn2)[C@@](O)(C(=O)c2ccccc2)[C@@]1(O)C(=O)c1ccccc1. The molecule has 5 rings (SSSR count). The molecule has 0 amide bonds. The number of benzene rings is 3. The van der Waals surface area contributed by atoms with Crippen LogP contribution in [0.3, 0.4) is 0 Å². The topological polar surface area (TPSA) is 147 Å². The molecular formula is C30H23ClN2O7S. The maximum absolute atomic E-state index is 14.1. The second-order valence-electron chi connectivity index (χ2n) is 9.29. The van der Waals surface area contributed by atoms with Gasteiger partial charge in [0.2, 0.25) is 17.2 Å². The van der Waals surface area contributed by atoms with Gasteiger partial charge in [-0.05, 0) is 0 Å². The van der Waals surface area contributed by atoms with Gasteiger partial charge in [-0.2, -0.15) is 0 Å². The molecule has 3 aromatic carbocycles. The molecule has 9 nitrogen and oxygen atoms in total. The first-order valence-corrected chi connectivity index (χ1v) is 13.6. The monoisotopic (exact) mass is 590 g/mol. The van der Waals surface area contributed by atoms with Crippen LogP contribution in [0.1, 0.15) is 31.1 Å². The molecule has 2 heterocycles. The van der Waals surface area contributed by atoms with Gasteiger partial charge in [0, 0.05) is 16.7 Å². The number of nitrogens with zero attached hydrogens (tertiary/aromatic N) is 2. The molecule has 0 aliphatic carbocycles. The van der Waals surface area contributed by atoms with Crippen molar-refractivity contribution in [3.63, 3.8) is 0 Å². The second kappa shape index (κ2) is 11.6. The Kier molecular flexibility index (Phi) is 8.14. The molecule has 3 N–H and O–H groups in total. The molecule has 0 saturated carbocycles. The number of aliphatic hydroxyl groups is 3. The van der Waals surface area contributed by atoms with Gasteiger partial charge in [-0.3, -0.25) is 14.4 Å². The Morgan fingerprint density at radius 2 is 1.20 bits per heavy atom. The van der Waals surface area contributed by atoms with Crippen LogP contribution in [0, 0.1) is 0 Å². The van der Waals surface area contributed by atoms with Crippen LogP contribution < -0.4 is 0 Å². The molecular weight excluding hydrogens is 568 g/mol. The Hall–Kier alpha value is -3.77. The number of hydrogen-bond donors (Lipinski definition) is 3. The minimum absolute atomic E-state index is 0.0160. The maximum Gasteiger partial charge on any atom is 0.202 e. The van der Waals surface area contributed by atoms with Crippen molar-refractivity contribution < 1.29 is 34.4 Å². The Morgan fingerprint density at radius 3 is 1.68 bits per heavy atom. The minimum Gasteiger partial charge on any atom is -0.382 e. The largest absolute Gasteiger partial charge is 0.382 e. The summed E-state index contributed by atoms with van der Waals surface area (Å²) in [7, 11) is 0. The van der Waals surface area contributed by atoms with Gasteiger partial charge in [-0.15, -0.1) is 0 Å². The Bertz CT molecular complexity index is 1560. The van der Waals surface area contributed by atoms with E-state index in [9.17, 15) is 29.7 Å². The van der Waals surface area contributed by atoms with E-state index >= 15 is 0 Å². The van der Waals surface area contributed by atoms with Crippen molar-refractivity contribution in [3.05, 3.63) is 125 Å². The van der Waals surface area contributed by atoms with Crippen molar-refractivity contribution in [1.82, 2.24) is 9.97 Å². The Labute approximate surface area is 243 Å². The van der Waals surface area contributed by atoms with E-state index in [1.54, 1.807) is 42.5 Å². The fourth-order valence-electron chi connectivity index (χ4n) is 4.71. The number of rotatable bonds is 9. The van der Waals surface area contributed by atoms with Gasteiger partial charge in [-0.1, -0.05) is 114 Å². The number of ether oxygens (including phenoxy) is 1. The third-order valence-electron chi connectivity index (χ3n) is 6.79. The van der Waals surface area contributed by atoms with Gasteiger partial charge in [0.1, 0.15) is 12.2 Å². The number of hydrogen-bond acceptors (Lipinski definition) is 10. The van der Waals surface area contributed by atoms with Crippen LogP contribution in [0.5, 0.6) is 0 Å². The van der Waals surface area contributed by atoms with Crippen LogP contribution in [0.2, 0.25) is 5.02 Å². The van der Waals surface area contributed by atoms with Crippen LogP contribution in [0.4, 0.5) is 0 Å². The molecule has 5 atom stereocenters. The van der Waals surface area contributed by atoms with Crippen LogP contribution in [0.15, 0.2) is 109 Å². The summed E-state index contributed by atoms with van der Waals surface area (Å²) < 4.78 is 5.95. The molecule has 11 heteroatoms. The van der Waals surface area contributed by atoms with E-state index in [4.69, 9.17) is 16.3 Å². The zero-order chi connectivity index (χ0) is 29.2. The summed E-state index contributed by atoms with van der Waals surface area (Å²) in [5.74, 6) is -3.09. The van der Waals surface area contributed by atoms with Crippen molar-refractivity contribution in [1.29, 1.82) is 0 Å². The lowest BCUT2D eigenvalue weighted by atomic mass is 9.70. The predicted molar refractivity (Wildman–Crippen MR) is 150 cm³/mol. The minimum atomic E-state index is -3.14. The lowest BCUT2D eigenvalue weighted by Crippen LogP contribution is -2.69. The van der Waals surface area contributed by atoms with E-state index in [2.05, 4.69) is 9.97 Å². The average molecular weight is 591 g/mol. The van der Waals surface area contributed by atoms with E-state index in [-0.39, 0.29) is 26.9 Å². The standard InChI is InChI=1S/C30H23ClN2O7S/c31-21-16-32-28(33-17-21)41-27-30(39,25(37)20-14-8-3-9-15-20)29(38,24(36)19-12-6-2-7-13-19)26(40-27)23(35)22(34)18-10-4-1-5-11-18/h1-17,23,26-27,35,38-39H/t23?,26-,27+,29-,30+/m1/s1. The molecule has 41 heavy (non-hydrogen) atoms. The molecule has 208 valence electrons. The number of carbonyl (C=O) groups is 3. The van der Waals surface area contributed by atoms with Gasteiger partial charge in [0.25, 0.3) is 0 Å². The van der Waals surface area contributed by atoms with Crippen molar-refractivity contribution in [3.8, 4) is 0 Å². The number of aliphatic hydroxyl groups excluding tert-OH is 1. The first kappa shape index (κ1) is 28.7. The number of carbonyl (C=O) groups excluding carboxylic acids is 3. The summed E-state index contributed by atoms with van der Waals surface area (Å²) >= 11 is 6.53. The van der Waals surface area contributed by atoms with E-state index in [0.717, 1.165) is 0 Å². The Morgan fingerprint density at radius 1 is 0.756 bits per heavy atom. The lowest BCUT2D eigenvalue weighted by molar-refractivity contribution is -0.105. The van der Waals surface area contributed by atoms with Crippen molar-refractivity contribution in [2.24, 2.45) is 0 Å². The summed E-state index contributed by atoms with van der Waals surface area (Å²) in [6, 6.07) is 22.6. The Balaban J connectivity index is 1.69. The summed E-state index contributed by atoms with van der Waals surface area (Å²) in [4.78, 5) is 49.7. The highest BCUT2D eigenvalue weighted by atomic mass is 35.5. The predicted octanol–water partition coefficient (Wildman–Crippen LogP) is 3.42. The van der Waals surface area contributed by atoms with Crippen molar-refractivity contribution in [2.75, 3.05) is 0 Å². The molecule has 1 aliphatic rings. The van der Waals surface area contributed by atoms with Crippen molar-refractivity contribution in [2.45, 2.75) is 34.0 Å². The van der Waals surface area contributed by atoms with Gasteiger partial charge < -0.3 is 20.1 Å². The molecule has 1 aromatic heterocycles. The van der Waals surface area contributed by atoms with Gasteiger partial charge in [-0.25, -0.2) is 9.97 Å². The molecule has 0 radical (unpaired) electrons. The van der Waals surface area contributed by atoms with E-state index in [1.807, 2.05) is 0 Å². The fourth-order valence-corrected chi connectivity index (χ4v) is 5.86. The molecule has 4 aromatic rings. The van der Waals surface area contributed by atoms with Crippen LogP contribution >= 0.6 is 23.4 Å². The van der Waals surface area contributed by atoms with E-state index < -0.39 is 46.2 Å². The van der Waals surface area contributed by atoms with Gasteiger partial charge >= 0.3 is 0 Å². The summed E-state index contributed by atoms with van der Waals surface area (Å²) in [5.41, 5.74) is -8.00. The smallest absolute Gasteiger partial charge is 0.202 e. The number of aromatic nitrogens is 2. The third kappa shape index (κ3) is 5.10. The summed E-state index contributed by atoms with van der Waals surface area (Å²) in [5, 5.41) is 36.2. The zero-order valence-electron chi connectivity index (χ0n) is 21.2. The molecule has 1 fully saturated rings. The maximum atomic E-state index is 14.1. The quantitative estimate of drug-likeness (QED) is 0.196. The van der Waals surface area contributed by atoms with Gasteiger partial charge in [0.15, 0.2) is 22.0 Å². The first-order valence-electron chi connectivity index (χ1n) is 12.4. The number of ketones is 3. The van der Waals surface area contributed by atoms with Crippen LogP contribution in [0.25, 0.3) is 0 Å². The lowest BCUT2D eigenvalue weighted by Gasteiger charge is -2.39. The highest BCUT2D eigenvalue weighted by Gasteiger charge is 2.75. The second-order valence-corrected chi connectivity index (χ2v) is 10.8. The average Bonchev–Trinajstić information content (AvgIpc) is 3.25. The summed E-state index contributed by atoms with van der Waals surface area (Å²) in [6.07, 6.45) is -1.69. The molecule has 0 spiro atoms. The highest BCUT2D eigenvalue weighted by molar-refractivity contribution is 7.99. The zero-order valence-corrected chi connectivity index (χ0v) is 22.8. The molecule has 1 unspecified atom stereocenters. The number of thioether (sulfide) groups is 1. The van der Waals surface area contributed by atoms with E-state index in [1.165, 1.54) is 60.9 Å². The van der Waals surface area contributed by atoms with E-state index in [0.29, 0.717) is 11.8 Å². The molecule has 1 saturated heterocycles. The highest BCUT2D eigenvalue weighted by Crippen LogP contribution is 2.50. The normalized spacial score (nSPS) is 24.5. The van der Waals surface area contributed by atoms with Crippen LogP contribution in [-0.4, -0.2) is 71.5 Å². The number of halogens is 1. The third-order valence-corrected chi connectivity index (χ3v) is 8.07. The van der Waals surface area contributed by atoms with Crippen LogP contribution in [-0.2, 0) is 4.74 Å².